The average molecular weight is 1030 g/mol. The summed E-state index contributed by atoms with van der Waals surface area (Å²) in [6.45, 7) is 11.2. The van der Waals surface area contributed by atoms with Crippen molar-refractivity contribution in [1.29, 1.82) is 0 Å². The van der Waals surface area contributed by atoms with Crippen molar-refractivity contribution in [2.45, 2.75) is 116 Å². The summed E-state index contributed by atoms with van der Waals surface area (Å²) in [6, 6.07) is 0. The molecular weight excluding hydrogens is 996 g/mol. The van der Waals surface area contributed by atoms with Crippen molar-refractivity contribution in [2.24, 2.45) is 16.2 Å². The Morgan fingerprint density at radius 3 is 0.534 bits per heavy atom. The molecule has 0 aliphatic rings. The van der Waals surface area contributed by atoms with Crippen LogP contribution < -0.4 is 0 Å². The van der Waals surface area contributed by atoms with Gasteiger partial charge >= 0.3 is 54.1 Å². The van der Waals surface area contributed by atoms with E-state index in [0.29, 0.717) is 0 Å². The van der Waals surface area contributed by atoms with E-state index < -0.39 is 105 Å². The van der Waals surface area contributed by atoms with Gasteiger partial charge in [-0.15, -0.1) is 0 Å². The molecule has 0 aliphatic heterocycles. The van der Waals surface area contributed by atoms with E-state index >= 15 is 0 Å². The summed E-state index contributed by atoms with van der Waals surface area (Å²) in [6.07, 6.45) is -20.7. The molecule has 339 valence electrons. The normalized spacial score (nSPS) is 15.3. The van der Waals surface area contributed by atoms with Gasteiger partial charge in [-0.1, -0.05) is 62.3 Å². The number of aliphatic hydroxyl groups is 3. The second-order valence-corrected chi connectivity index (χ2v) is 14.4. The van der Waals surface area contributed by atoms with Crippen LogP contribution in [0.5, 0.6) is 0 Å². The SMILES string of the molecule is CC(C)(C)/C(O)=C\C(=O)C(F)(F)C(F)(F)C(F)(F)F.CC(C)(C)C(O)=CC(=O)C(F)(F)C(F)(F)C(F)(F)F.CC(C)(C)C(O)=CC(=O)C(F)(F)C(F)(F)C(F)(F)F.[Pr]. The Kier molecular flexibility index (Phi) is 20.4. The standard InChI is InChI=1S/3C10H11F7O2.Pr/c3*1-7(2,3)5(18)4-6(19)8(11,12)9(13,14)10(15,16)17;/h3*4,18H,1-3H3;/b5-4+;;;. The number of aliphatic hydroxyl groups excluding tert-OH is 3. The summed E-state index contributed by atoms with van der Waals surface area (Å²) in [5.41, 5.74) is -3.75. The Labute approximate surface area is 347 Å². The van der Waals surface area contributed by atoms with E-state index in [0.717, 1.165) is 0 Å². The molecule has 0 rings (SSSR count). The van der Waals surface area contributed by atoms with E-state index in [2.05, 4.69) is 0 Å². The number of carbonyl (C=O) groups excluding carboxylic acids is 3. The van der Waals surface area contributed by atoms with Crippen LogP contribution in [0.2, 0.25) is 0 Å². The van der Waals surface area contributed by atoms with Crippen LogP contribution in [-0.2, 0) is 14.4 Å². The van der Waals surface area contributed by atoms with Gasteiger partial charge < -0.3 is 15.3 Å². The van der Waals surface area contributed by atoms with Gasteiger partial charge in [-0.05, 0) is 0 Å². The van der Waals surface area contributed by atoms with Gasteiger partial charge in [0.1, 0.15) is 17.3 Å². The first kappa shape index (κ1) is 62.2. The van der Waals surface area contributed by atoms with Crippen molar-refractivity contribution in [3.63, 3.8) is 0 Å². The summed E-state index contributed by atoms with van der Waals surface area (Å²) in [4.78, 5) is 32.5. The van der Waals surface area contributed by atoms with E-state index in [4.69, 9.17) is 15.3 Å². The molecule has 28 heteroatoms. The van der Waals surface area contributed by atoms with Crippen LogP contribution in [0.15, 0.2) is 35.5 Å². The maximum atomic E-state index is 12.9. The van der Waals surface area contributed by atoms with Crippen molar-refractivity contribution in [1.82, 2.24) is 0 Å². The summed E-state index contributed by atoms with van der Waals surface area (Å²) < 4.78 is 258. The van der Waals surface area contributed by atoms with Gasteiger partial charge in [-0.25, -0.2) is 0 Å². The van der Waals surface area contributed by atoms with Crippen LogP contribution in [0.3, 0.4) is 0 Å². The maximum absolute atomic E-state index is 12.9. The van der Waals surface area contributed by atoms with Crippen molar-refractivity contribution in [3.05, 3.63) is 35.5 Å². The first-order chi connectivity index (χ1) is 24.1. The molecule has 0 atom stereocenters. The Hall–Kier alpha value is -2.48. The molecule has 0 aromatic carbocycles. The van der Waals surface area contributed by atoms with Gasteiger partial charge in [0, 0.05) is 75.8 Å². The zero-order valence-electron chi connectivity index (χ0n) is 30.8. The van der Waals surface area contributed by atoms with E-state index in [1.165, 1.54) is 62.3 Å². The van der Waals surface area contributed by atoms with Crippen LogP contribution in [0, 0.1) is 57.5 Å². The molecule has 0 spiro atoms. The van der Waals surface area contributed by atoms with Gasteiger partial charge in [0.25, 0.3) is 0 Å². The molecule has 0 bridgehead atoms. The van der Waals surface area contributed by atoms with Gasteiger partial charge in [-0.2, -0.15) is 92.2 Å². The third-order valence-electron chi connectivity index (χ3n) is 6.29. The van der Waals surface area contributed by atoms with Crippen molar-refractivity contribution in [2.75, 3.05) is 0 Å². The van der Waals surface area contributed by atoms with E-state index in [9.17, 15) is 107 Å². The number of hydrogen-bond acceptors (Lipinski definition) is 6. The molecule has 3 N–H and O–H groups in total. The molecule has 0 fully saturated rings. The van der Waals surface area contributed by atoms with Gasteiger partial charge in [0.15, 0.2) is 0 Å². The average Bonchev–Trinajstić information content (AvgIpc) is 2.93. The van der Waals surface area contributed by atoms with E-state index in [-0.39, 0.29) is 59.5 Å². The number of rotatable bonds is 9. The van der Waals surface area contributed by atoms with Gasteiger partial charge in [0.05, 0.1) is 0 Å². The van der Waals surface area contributed by atoms with Crippen molar-refractivity contribution >= 4 is 17.3 Å². The van der Waals surface area contributed by atoms with Crippen LogP contribution in [-0.4, -0.2) is 86.7 Å². The van der Waals surface area contributed by atoms with Gasteiger partial charge in [-0.3, -0.25) is 14.4 Å². The summed E-state index contributed by atoms with van der Waals surface area (Å²) in [7, 11) is 0. The molecule has 1 radical (unpaired) electrons. The Balaban J connectivity index is -0.000000374. The summed E-state index contributed by atoms with van der Waals surface area (Å²) in [5, 5.41) is 27.5. The number of hydrogen-bond donors (Lipinski definition) is 3. The number of carbonyl (C=O) groups is 3. The monoisotopic (exact) mass is 1030 g/mol. The fraction of sp³-hybridized carbons (Fsp3) is 0.700. The number of allylic oxidation sites excluding steroid dienone is 6. The maximum Gasteiger partial charge on any atom is 0.460 e. The molecule has 0 aromatic heterocycles. The predicted molar refractivity (Wildman–Crippen MR) is 153 cm³/mol. The van der Waals surface area contributed by atoms with Crippen molar-refractivity contribution < 1.29 is 163 Å². The number of halogens is 21. The predicted octanol–water partition coefficient (Wildman–Crippen LogP) is 11.6. The summed E-state index contributed by atoms with van der Waals surface area (Å²) in [5.74, 6) is -49.1. The van der Waals surface area contributed by atoms with Crippen molar-refractivity contribution in [3.8, 4) is 0 Å². The molecule has 0 aromatic rings. The molecule has 0 saturated carbocycles. The second-order valence-electron chi connectivity index (χ2n) is 14.4. The molecular formula is C30H33F21O6Pr. The Morgan fingerprint density at radius 2 is 0.448 bits per heavy atom. The van der Waals surface area contributed by atoms with Gasteiger partial charge in [0.2, 0.25) is 17.3 Å². The smallest absolute Gasteiger partial charge is 0.460 e. The quantitative estimate of drug-likeness (QED) is 0.121. The molecule has 6 nitrogen and oxygen atoms in total. The minimum absolute atomic E-state index is 0. The molecule has 0 aliphatic carbocycles. The third kappa shape index (κ3) is 14.9. The minimum atomic E-state index is -6.59. The fourth-order valence-electron chi connectivity index (χ4n) is 2.29. The first-order valence-corrected chi connectivity index (χ1v) is 14.5. The van der Waals surface area contributed by atoms with Crippen LogP contribution >= 0.6 is 0 Å². The van der Waals surface area contributed by atoms with E-state index in [1.807, 2.05) is 0 Å². The van der Waals surface area contributed by atoms with Crippen LogP contribution in [0.1, 0.15) is 62.3 Å². The zero-order valence-corrected chi connectivity index (χ0v) is 34.5. The molecule has 58 heavy (non-hydrogen) atoms. The molecule has 0 unspecified atom stereocenters. The minimum Gasteiger partial charge on any atom is -0.512 e. The summed E-state index contributed by atoms with van der Waals surface area (Å²) >= 11 is 0. The number of ketones is 3. The molecule has 0 saturated heterocycles. The first-order valence-electron chi connectivity index (χ1n) is 14.5. The number of alkyl halides is 21. The largest absolute Gasteiger partial charge is 0.512 e. The fourth-order valence-corrected chi connectivity index (χ4v) is 2.29. The molecule has 0 amide bonds. The van der Waals surface area contributed by atoms with Crippen LogP contribution in [0.4, 0.5) is 92.2 Å². The van der Waals surface area contributed by atoms with E-state index in [1.54, 1.807) is 0 Å². The van der Waals surface area contributed by atoms with Crippen LogP contribution in [0.25, 0.3) is 0 Å². The molecule has 0 heterocycles. The zero-order chi connectivity index (χ0) is 47.6. The topological polar surface area (TPSA) is 112 Å². The Morgan fingerprint density at radius 1 is 0.328 bits per heavy atom. The Bertz CT molecular complexity index is 1350. The second kappa shape index (κ2) is 19.1. The third-order valence-corrected chi connectivity index (χ3v) is 6.29.